The fourth-order valence-electron chi connectivity index (χ4n) is 2.60. The molecule has 2 rings (SSSR count). The lowest BCUT2D eigenvalue weighted by Gasteiger charge is -2.29. The first kappa shape index (κ1) is 14.7. The monoisotopic (exact) mass is 278 g/mol. The predicted molar refractivity (Wildman–Crippen MR) is 77.5 cm³/mol. The predicted octanol–water partition coefficient (Wildman–Crippen LogP) is 1.57. The Morgan fingerprint density at radius 3 is 2.50 bits per heavy atom. The molecule has 2 atom stereocenters. The molecule has 1 aromatic rings. The average molecular weight is 278 g/mol. The molecule has 0 saturated carbocycles. The summed E-state index contributed by atoms with van der Waals surface area (Å²) in [4.78, 5) is 12.5. The number of rotatable bonds is 4. The summed E-state index contributed by atoms with van der Waals surface area (Å²) in [6.45, 7) is 3.05. The zero-order valence-corrected chi connectivity index (χ0v) is 12.2. The Hall–Kier alpha value is -1.75. The minimum Gasteiger partial charge on any atom is -0.496 e. The topological polar surface area (TPSA) is 59.6 Å². The molecule has 20 heavy (non-hydrogen) atoms. The Morgan fingerprint density at radius 2 is 1.95 bits per heavy atom. The third-order valence-corrected chi connectivity index (χ3v) is 3.61. The molecule has 1 saturated heterocycles. The van der Waals surface area contributed by atoms with Gasteiger partial charge in [-0.2, -0.15) is 0 Å². The average Bonchev–Trinajstić information content (AvgIpc) is 2.46. The van der Waals surface area contributed by atoms with Gasteiger partial charge in [0.1, 0.15) is 17.1 Å². The van der Waals surface area contributed by atoms with Gasteiger partial charge in [-0.05, 0) is 38.4 Å². The first-order chi connectivity index (χ1) is 9.65. The van der Waals surface area contributed by atoms with Gasteiger partial charge in [-0.15, -0.1) is 0 Å². The van der Waals surface area contributed by atoms with Crippen LogP contribution in [0.15, 0.2) is 18.2 Å². The molecular formula is C15H22N2O3. The molecule has 1 amide bonds. The van der Waals surface area contributed by atoms with Gasteiger partial charge in [0, 0.05) is 12.1 Å². The highest BCUT2D eigenvalue weighted by molar-refractivity contribution is 5.99. The molecule has 2 N–H and O–H groups in total. The van der Waals surface area contributed by atoms with Crippen molar-refractivity contribution >= 4 is 5.91 Å². The van der Waals surface area contributed by atoms with Crippen molar-refractivity contribution in [3.8, 4) is 11.5 Å². The van der Waals surface area contributed by atoms with E-state index in [0.717, 1.165) is 19.4 Å². The summed E-state index contributed by atoms with van der Waals surface area (Å²) in [5, 5.41) is 6.45. The molecule has 2 unspecified atom stereocenters. The van der Waals surface area contributed by atoms with Gasteiger partial charge < -0.3 is 20.1 Å². The molecule has 0 radical (unpaired) electrons. The number of hydrogen-bond acceptors (Lipinski definition) is 4. The maximum Gasteiger partial charge on any atom is 0.259 e. The van der Waals surface area contributed by atoms with Gasteiger partial charge >= 0.3 is 0 Å². The molecule has 0 bridgehead atoms. The minimum absolute atomic E-state index is 0.140. The van der Waals surface area contributed by atoms with Crippen LogP contribution < -0.4 is 20.1 Å². The van der Waals surface area contributed by atoms with Crippen LogP contribution in [0, 0.1) is 0 Å². The van der Waals surface area contributed by atoms with Crippen molar-refractivity contribution < 1.29 is 14.3 Å². The number of piperidine rings is 1. The molecule has 0 aliphatic carbocycles. The van der Waals surface area contributed by atoms with Gasteiger partial charge in [0.05, 0.1) is 14.2 Å². The number of benzene rings is 1. The van der Waals surface area contributed by atoms with E-state index in [9.17, 15) is 4.79 Å². The van der Waals surface area contributed by atoms with Crippen LogP contribution in [0.2, 0.25) is 0 Å². The van der Waals surface area contributed by atoms with Gasteiger partial charge in [0.25, 0.3) is 5.91 Å². The zero-order chi connectivity index (χ0) is 14.5. The van der Waals surface area contributed by atoms with Crippen molar-refractivity contribution in [2.75, 3.05) is 20.8 Å². The maximum atomic E-state index is 12.5. The summed E-state index contributed by atoms with van der Waals surface area (Å²) in [6, 6.07) is 5.95. The number of ether oxygens (including phenoxy) is 2. The van der Waals surface area contributed by atoms with E-state index in [2.05, 4.69) is 17.6 Å². The second-order valence-corrected chi connectivity index (χ2v) is 5.09. The number of carbonyl (C=O) groups excluding carboxylic acids is 1. The van der Waals surface area contributed by atoms with E-state index in [4.69, 9.17) is 9.47 Å². The highest BCUT2D eigenvalue weighted by atomic mass is 16.5. The summed E-state index contributed by atoms with van der Waals surface area (Å²) < 4.78 is 10.5. The molecular weight excluding hydrogens is 256 g/mol. The summed E-state index contributed by atoms with van der Waals surface area (Å²) >= 11 is 0. The van der Waals surface area contributed by atoms with Crippen LogP contribution in [0.4, 0.5) is 0 Å². The highest BCUT2D eigenvalue weighted by Crippen LogP contribution is 2.28. The van der Waals surface area contributed by atoms with E-state index >= 15 is 0 Å². The van der Waals surface area contributed by atoms with Crippen LogP contribution in [0.5, 0.6) is 11.5 Å². The second-order valence-electron chi connectivity index (χ2n) is 5.09. The van der Waals surface area contributed by atoms with Crippen molar-refractivity contribution in [3.63, 3.8) is 0 Å². The molecule has 5 nitrogen and oxygen atoms in total. The third-order valence-electron chi connectivity index (χ3n) is 3.61. The van der Waals surface area contributed by atoms with Crippen LogP contribution >= 0.6 is 0 Å². The Morgan fingerprint density at radius 1 is 1.30 bits per heavy atom. The van der Waals surface area contributed by atoms with E-state index in [0.29, 0.717) is 23.1 Å². The standard InChI is InChI=1S/C15H22N2O3/c1-10-9-11(7-8-16-10)17-15(18)14-12(19-2)5-4-6-13(14)20-3/h4-6,10-11,16H,7-9H2,1-3H3,(H,17,18). The summed E-state index contributed by atoms with van der Waals surface area (Å²) in [7, 11) is 3.11. The molecule has 5 heteroatoms. The normalized spacial score (nSPS) is 22.1. The van der Waals surface area contributed by atoms with Crippen molar-refractivity contribution in [2.24, 2.45) is 0 Å². The zero-order valence-electron chi connectivity index (χ0n) is 12.2. The molecule has 0 spiro atoms. The number of methoxy groups -OCH3 is 2. The number of amides is 1. The second kappa shape index (κ2) is 6.61. The van der Waals surface area contributed by atoms with Crippen LogP contribution in [0.1, 0.15) is 30.1 Å². The minimum atomic E-state index is -0.140. The van der Waals surface area contributed by atoms with E-state index in [1.54, 1.807) is 32.4 Å². The molecule has 0 aromatic heterocycles. The summed E-state index contributed by atoms with van der Waals surface area (Å²) in [5.74, 6) is 0.922. The highest BCUT2D eigenvalue weighted by Gasteiger charge is 2.24. The molecule has 1 fully saturated rings. The molecule has 1 aliphatic heterocycles. The quantitative estimate of drug-likeness (QED) is 0.878. The van der Waals surface area contributed by atoms with Crippen LogP contribution in [-0.4, -0.2) is 38.8 Å². The van der Waals surface area contributed by atoms with Crippen molar-refractivity contribution in [2.45, 2.75) is 31.8 Å². The fraction of sp³-hybridized carbons (Fsp3) is 0.533. The van der Waals surface area contributed by atoms with Gasteiger partial charge in [0.15, 0.2) is 0 Å². The lowest BCUT2D eigenvalue weighted by molar-refractivity contribution is 0.0919. The van der Waals surface area contributed by atoms with Crippen molar-refractivity contribution in [1.82, 2.24) is 10.6 Å². The lowest BCUT2D eigenvalue weighted by atomic mass is 10.00. The molecule has 110 valence electrons. The Bertz CT molecular complexity index is 454. The number of carbonyl (C=O) groups is 1. The van der Waals surface area contributed by atoms with Gasteiger partial charge in [-0.3, -0.25) is 4.79 Å². The summed E-state index contributed by atoms with van der Waals surface area (Å²) in [5.41, 5.74) is 0.462. The largest absolute Gasteiger partial charge is 0.496 e. The fourth-order valence-corrected chi connectivity index (χ4v) is 2.60. The lowest BCUT2D eigenvalue weighted by Crippen LogP contribution is -2.46. The van der Waals surface area contributed by atoms with E-state index in [1.807, 2.05) is 0 Å². The first-order valence-electron chi connectivity index (χ1n) is 6.91. The maximum absolute atomic E-state index is 12.5. The number of hydrogen-bond donors (Lipinski definition) is 2. The first-order valence-corrected chi connectivity index (χ1v) is 6.91. The molecule has 1 heterocycles. The van der Waals surface area contributed by atoms with Gasteiger partial charge in [-0.25, -0.2) is 0 Å². The number of nitrogens with one attached hydrogen (secondary N) is 2. The van der Waals surface area contributed by atoms with Gasteiger partial charge in [0.2, 0.25) is 0 Å². The van der Waals surface area contributed by atoms with E-state index in [-0.39, 0.29) is 11.9 Å². The Balaban J connectivity index is 2.16. The molecule has 1 aliphatic rings. The smallest absolute Gasteiger partial charge is 0.259 e. The van der Waals surface area contributed by atoms with Crippen molar-refractivity contribution in [3.05, 3.63) is 23.8 Å². The summed E-state index contributed by atoms with van der Waals surface area (Å²) in [6.07, 6.45) is 1.87. The third kappa shape index (κ3) is 3.22. The molecule has 1 aromatic carbocycles. The van der Waals surface area contributed by atoms with Gasteiger partial charge in [-0.1, -0.05) is 6.07 Å². The van der Waals surface area contributed by atoms with Crippen molar-refractivity contribution in [1.29, 1.82) is 0 Å². The van der Waals surface area contributed by atoms with Crippen LogP contribution in [0.25, 0.3) is 0 Å². The SMILES string of the molecule is COc1cccc(OC)c1C(=O)NC1CCNC(C)C1. The van der Waals surface area contributed by atoms with Crippen LogP contribution in [-0.2, 0) is 0 Å². The van der Waals surface area contributed by atoms with E-state index < -0.39 is 0 Å². The van der Waals surface area contributed by atoms with E-state index in [1.165, 1.54) is 0 Å². The Labute approximate surface area is 119 Å². The Kier molecular flexibility index (Phi) is 4.84. The van der Waals surface area contributed by atoms with Crippen LogP contribution in [0.3, 0.4) is 0 Å².